The summed E-state index contributed by atoms with van der Waals surface area (Å²) in [6.45, 7) is 9.40. The Balaban J connectivity index is 1.54. The molecule has 0 unspecified atom stereocenters. The Labute approximate surface area is 277 Å². The molecule has 0 amide bonds. The zero-order chi connectivity index (χ0) is 30.9. The maximum absolute atomic E-state index is 8.22. The highest BCUT2D eigenvalue weighted by atomic mass is 28.5. The van der Waals surface area contributed by atoms with E-state index in [9.17, 15) is 0 Å². The van der Waals surface area contributed by atoms with E-state index in [4.69, 9.17) is 16.5 Å². The van der Waals surface area contributed by atoms with Gasteiger partial charge in [0, 0.05) is 22.2 Å². The van der Waals surface area contributed by atoms with Gasteiger partial charge >= 0.3 is 34.2 Å². The van der Waals surface area contributed by atoms with Gasteiger partial charge in [-0.25, -0.2) is 0 Å². The van der Waals surface area contributed by atoms with Crippen molar-refractivity contribution in [2.45, 2.75) is 228 Å². The molecule has 1 heterocycles. The summed E-state index contributed by atoms with van der Waals surface area (Å²) in [6, 6.07) is 4.91. The molecule has 0 aromatic heterocycles. The fourth-order valence-electron chi connectivity index (χ4n) is 8.43. The molecule has 0 aromatic rings. The van der Waals surface area contributed by atoms with Gasteiger partial charge in [-0.15, -0.1) is 0 Å². The quantitative estimate of drug-likeness (QED) is 0.0751. The van der Waals surface area contributed by atoms with Crippen molar-refractivity contribution in [3.63, 3.8) is 0 Å². The Morgan fingerprint density at radius 2 is 0.523 bits per heavy atom. The molecule has 0 spiro atoms. The van der Waals surface area contributed by atoms with E-state index >= 15 is 0 Å². The summed E-state index contributed by atoms with van der Waals surface area (Å²) in [5, 5.41) is 0. The predicted molar refractivity (Wildman–Crippen MR) is 195 cm³/mol. The number of unbranched alkanes of at least 4 members (excludes halogenated alkanes) is 12. The average Bonchev–Trinajstić information content (AvgIpc) is 3.84. The Bertz CT molecular complexity index is 698. The van der Waals surface area contributed by atoms with Crippen LogP contribution in [0.25, 0.3) is 0 Å². The summed E-state index contributed by atoms with van der Waals surface area (Å²) in [7, 11) is -9.84. The lowest BCUT2D eigenvalue weighted by atomic mass is 10.2. The lowest BCUT2D eigenvalue weighted by molar-refractivity contribution is 0.200. The van der Waals surface area contributed by atoms with Crippen molar-refractivity contribution in [1.82, 2.24) is 0 Å². The van der Waals surface area contributed by atoms with E-state index in [-0.39, 0.29) is 0 Å². The summed E-state index contributed by atoms with van der Waals surface area (Å²) in [6.07, 6.45) is 31.9. The predicted octanol–water partition coefficient (Wildman–Crippen LogP) is 12.8. The highest BCUT2D eigenvalue weighted by molar-refractivity contribution is 6.97. The van der Waals surface area contributed by atoms with Gasteiger partial charge in [-0.2, -0.15) is 0 Å². The van der Waals surface area contributed by atoms with E-state index in [1.807, 2.05) is 0 Å². The maximum atomic E-state index is 8.22. The van der Waals surface area contributed by atoms with Crippen LogP contribution >= 0.6 is 0 Å². The van der Waals surface area contributed by atoms with Crippen LogP contribution in [0.4, 0.5) is 0 Å². The minimum absolute atomic E-state index is 0.707. The second-order valence-corrected chi connectivity index (χ2v) is 31.0. The first-order chi connectivity index (χ1) is 21.5. The third-order valence-corrected chi connectivity index (χ3v) is 34.2. The van der Waals surface area contributed by atoms with Crippen LogP contribution in [0.2, 0.25) is 46.3 Å². The van der Waals surface area contributed by atoms with Gasteiger partial charge in [0.15, 0.2) is 0 Å². The van der Waals surface area contributed by atoms with Crippen molar-refractivity contribution in [2.75, 3.05) is 0 Å². The molecule has 44 heavy (non-hydrogen) atoms. The van der Waals surface area contributed by atoms with E-state index in [0.29, 0.717) is 22.2 Å². The number of rotatable bonds is 24. The van der Waals surface area contributed by atoms with Crippen molar-refractivity contribution >= 4 is 34.2 Å². The average molecular weight is 681 g/mol. The molecule has 0 aromatic carbocycles. The van der Waals surface area contributed by atoms with Crippen LogP contribution < -0.4 is 0 Å². The van der Waals surface area contributed by atoms with Crippen molar-refractivity contribution in [3.8, 4) is 0 Å². The molecule has 0 bridgehead atoms. The largest absolute Gasteiger partial charge is 0.415 e. The molecule has 0 atom stereocenters. The third-order valence-electron chi connectivity index (χ3n) is 11.7. The second-order valence-electron chi connectivity index (χ2n) is 16.0. The summed E-state index contributed by atoms with van der Waals surface area (Å²) in [5.74, 6) is 0. The van der Waals surface area contributed by atoms with Gasteiger partial charge < -0.3 is 16.5 Å². The second kappa shape index (κ2) is 16.9. The summed E-state index contributed by atoms with van der Waals surface area (Å²) in [5.41, 5.74) is 2.83. The molecule has 0 radical (unpaired) electrons. The van der Waals surface area contributed by atoms with E-state index < -0.39 is 34.2 Å². The van der Waals surface area contributed by atoms with Crippen molar-refractivity contribution in [2.24, 2.45) is 0 Å². The molecule has 4 aliphatic carbocycles. The van der Waals surface area contributed by atoms with Crippen LogP contribution in [-0.2, 0) is 16.5 Å². The standard InChI is InChI=1S/C36H72O4Si4/c1-5-9-13-17-29-41(33-21-22-33)37-42(34-23-24-34,30-18-14-10-6-2)39-44(36-27-28-36,32-20-16-12-8-4)40-43(38-41,35-25-26-35)31-19-15-11-7-3/h33-36H,5-32H2,1-4H3. The van der Waals surface area contributed by atoms with Crippen LogP contribution in [0.1, 0.15) is 182 Å². The van der Waals surface area contributed by atoms with Gasteiger partial charge in [0.1, 0.15) is 0 Å². The lowest BCUT2D eigenvalue weighted by Crippen LogP contribution is -2.71. The van der Waals surface area contributed by atoms with Gasteiger partial charge in [0.25, 0.3) is 0 Å². The Morgan fingerprint density at radius 1 is 0.318 bits per heavy atom. The van der Waals surface area contributed by atoms with E-state index in [0.717, 1.165) is 0 Å². The van der Waals surface area contributed by atoms with Gasteiger partial charge in [0.05, 0.1) is 0 Å². The molecule has 5 rings (SSSR count). The SMILES string of the molecule is CCCCCC[Si]1(C2CC2)O[Si](CCCCCC)(C2CC2)O[Si](CCCCCC)(C2CC2)O[Si](CCCCCC)(C2CC2)O1. The first-order valence-corrected chi connectivity index (χ1v) is 28.7. The Hall–Kier alpha value is 0.708. The number of hydrogen-bond acceptors (Lipinski definition) is 4. The van der Waals surface area contributed by atoms with Crippen LogP contribution in [0, 0.1) is 0 Å². The summed E-state index contributed by atoms with van der Waals surface area (Å²) in [4.78, 5) is 0. The third kappa shape index (κ3) is 9.44. The molecular formula is C36H72O4Si4. The molecule has 4 nitrogen and oxygen atoms in total. The van der Waals surface area contributed by atoms with E-state index in [2.05, 4.69) is 27.7 Å². The summed E-state index contributed by atoms with van der Waals surface area (Å²) < 4.78 is 32.9. The first kappa shape index (κ1) is 36.0. The molecule has 4 saturated carbocycles. The van der Waals surface area contributed by atoms with Crippen molar-refractivity contribution in [3.05, 3.63) is 0 Å². The highest BCUT2D eigenvalue weighted by Gasteiger charge is 2.72. The van der Waals surface area contributed by atoms with E-state index in [1.165, 1.54) is 178 Å². The van der Waals surface area contributed by atoms with Gasteiger partial charge in [-0.05, 0) is 75.5 Å². The zero-order valence-electron chi connectivity index (χ0n) is 29.7. The molecule has 1 saturated heterocycles. The zero-order valence-corrected chi connectivity index (χ0v) is 33.7. The van der Waals surface area contributed by atoms with Crippen LogP contribution in [-0.4, -0.2) is 34.2 Å². The monoisotopic (exact) mass is 680 g/mol. The Kier molecular flexibility index (Phi) is 13.8. The molecule has 5 fully saturated rings. The molecular weight excluding hydrogens is 609 g/mol. The number of hydrogen-bond donors (Lipinski definition) is 0. The van der Waals surface area contributed by atoms with Crippen LogP contribution in [0.5, 0.6) is 0 Å². The van der Waals surface area contributed by atoms with Crippen LogP contribution in [0.3, 0.4) is 0 Å². The van der Waals surface area contributed by atoms with Crippen molar-refractivity contribution < 1.29 is 16.5 Å². The molecule has 0 N–H and O–H groups in total. The van der Waals surface area contributed by atoms with Crippen LogP contribution in [0.15, 0.2) is 0 Å². The van der Waals surface area contributed by atoms with Crippen molar-refractivity contribution in [1.29, 1.82) is 0 Å². The first-order valence-electron chi connectivity index (χ1n) is 20.3. The highest BCUT2D eigenvalue weighted by Crippen LogP contribution is 2.64. The molecule has 1 aliphatic heterocycles. The van der Waals surface area contributed by atoms with Gasteiger partial charge in [-0.1, -0.05) is 130 Å². The summed E-state index contributed by atoms with van der Waals surface area (Å²) >= 11 is 0. The lowest BCUT2D eigenvalue weighted by Gasteiger charge is -2.55. The topological polar surface area (TPSA) is 36.9 Å². The molecule has 256 valence electrons. The van der Waals surface area contributed by atoms with E-state index in [1.54, 1.807) is 0 Å². The smallest absolute Gasteiger partial charge is 0.323 e. The fraction of sp³-hybridized carbons (Fsp3) is 1.00. The minimum atomic E-state index is -2.46. The molecule has 5 aliphatic rings. The maximum Gasteiger partial charge on any atom is 0.323 e. The van der Waals surface area contributed by atoms with Gasteiger partial charge in [-0.3, -0.25) is 0 Å². The molecule has 8 heteroatoms. The van der Waals surface area contributed by atoms with Gasteiger partial charge in [0.2, 0.25) is 0 Å². The minimum Gasteiger partial charge on any atom is -0.415 e. The Morgan fingerprint density at radius 3 is 0.682 bits per heavy atom. The normalized spacial score (nSPS) is 34.6. The fourth-order valence-corrected chi connectivity index (χ4v) is 37.3.